The van der Waals surface area contributed by atoms with Crippen molar-refractivity contribution < 1.29 is 4.79 Å². The third-order valence-electron chi connectivity index (χ3n) is 7.10. The highest BCUT2D eigenvalue weighted by Crippen LogP contribution is 2.21. The molecule has 39 heavy (non-hydrogen) atoms. The number of carbonyl (C=O) groups excluding carboxylic acids is 1. The Bertz CT molecular complexity index is 1190. The van der Waals surface area contributed by atoms with Crippen molar-refractivity contribution in [2.45, 2.75) is 32.7 Å². The van der Waals surface area contributed by atoms with Crippen molar-refractivity contribution in [3.8, 4) is 0 Å². The second kappa shape index (κ2) is 13.7. The van der Waals surface area contributed by atoms with Crippen molar-refractivity contribution in [2.24, 2.45) is 4.99 Å². The van der Waals surface area contributed by atoms with Gasteiger partial charge in [-0.25, -0.2) is 4.99 Å². The molecule has 2 aromatic rings. The minimum atomic E-state index is -0.0855. The molecule has 4 rings (SSSR count). The quantitative estimate of drug-likeness (QED) is 0.319. The lowest BCUT2D eigenvalue weighted by Gasteiger charge is -2.38. The molecule has 2 aliphatic heterocycles. The van der Waals surface area contributed by atoms with Crippen molar-refractivity contribution >= 4 is 34.8 Å². The molecule has 0 saturated carbocycles. The third kappa shape index (κ3) is 7.97. The smallest absolute Gasteiger partial charge is 0.241 e. The topological polar surface area (TPSA) is 84.0 Å². The van der Waals surface area contributed by atoms with E-state index in [1.807, 2.05) is 37.3 Å². The molecule has 1 amide bonds. The number of nitrogens with one attached hydrogen (secondary N) is 4. The van der Waals surface area contributed by atoms with Crippen LogP contribution in [0.15, 0.2) is 84.4 Å². The van der Waals surface area contributed by atoms with Gasteiger partial charge in [0.25, 0.3) is 0 Å². The summed E-state index contributed by atoms with van der Waals surface area (Å²) >= 11 is 0. The Balaban J connectivity index is 1.23. The summed E-state index contributed by atoms with van der Waals surface area (Å²) < 4.78 is 0. The van der Waals surface area contributed by atoms with Gasteiger partial charge < -0.3 is 31.1 Å². The summed E-state index contributed by atoms with van der Waals surface area (Å²) in [5, 5.41) is 12.8. The SMILES string of the molecule is C=C(/N=C\C=C(/C)c1ccc(NC(=O)C2CCCN2)cc1)Nc1ccc(N2CCN(C(=C)NCC)CC2)cc1. The molecule has 0 bridgehead atoms. The van der Waals surface area contributed by atoms with Gasteiger partial charge in [-0.05, 0) is 86.8 Å². The van der Waals surface area contributed by atoms with Gasteiger partial charge in [-0.15, -0.1) is 0 Å². The van der Waals surface area contributed by atoms with E-state index < -0.39 is 0 Å². The van der Waals surface area contributed by atoms with Gasteiger partial charge in [0.2, 0.25) is 5.91 Å². The number of aliphatic imine (C=N–C) groups is 1. The number of rotatable bonds is 11. The zero-order valence-electron chi connectivity index (χ0n) is 23.2. The van der Waals surface area contributed by atoms with Crippen molar-refractivity contribution in [1.29, 1.82) is 0 Å². The second-order valence-electron chi connectivity index (χ2n) is 9.91. The number of hydrogen-bond donors (Lipinski definition) is 4. The van der Waals surface area contributed by atoms with Crippen LogP contribution >= 0.6 is 0 Å². The molecular weight excluding hydrogens is 486 g/mol. The Morgan fingerprint density at radius 2 is 1.69 bits per heavy atom. The van der Waals surface area contributed by atoms with E-state index in [9.17, 15) is 4.79 Å². The van der Waals surface area contributed by atoms with Crippen LogP contribution in [0.1, 0.15) is 32.3 Å². The number of allylic oxidation sites excluding steroid dienone is 2. The Labute approximate surface area is 232 Å². The number of anilines is 3. The number of amides is 1. The summed E-state index contributed by atoms with van der Waals surface area (Å²) in [5.74, 6) is 1.61. The molecular formula is C31H41N7O. The summed E-state index contributed by atoms with van der Waals surface area (Å²) in [6, 6.07) is 16.2. The monoisotopic (exact) mass is 527 g/mol. The lowest BCUT2D eigenvalue weighted by atomic mass is 10.1. The number of benzene rings is 2. The van der Waals surface area contributed by atoms with E-state index in [-0.39, 0.29) is 11.9 Å². The van der Waals surface area contributed by atoms with E-state index in [0.717, 1.165) is 80.4 Å². The fourth-order valence-electron chi connectivity index (χ4n) is 4.79. The van der Waals surface area contributed by atoms with Gasteiger partial charge >= 0.3 is 0 Å². The summed E-state index contributed by atoms with van der Waals surface area (Å²) in [5.41, 5.74) is 5.11. The molecule has 0 aromatic heterocycles. The van der Waals surface area contributed by atoms with Crippen LogP contribution in [0.5, 0.6) is 0 Å². The van der Waals surface area contributed by atoms with E-state index in [1.54, 1.807) is 6.21 Å². The first kappa shape index (κ1) is 28.0. The second-order valence-corrected chi connectivity index (χ2v) is 9.91. The van der Waals surface area contributed by atoms with Crippen LogP contribution in [0.4, 0.5) is 17.1 Å². The predicted molar refractivity (Wildman–Crippen MR) is 164 cm³/mol. The lowest BCUT2D eigenvalue weighted by molar-refractivity contribution is -0.117. The number of nitrogens with zero attached hydrogens (tertiary/aromatic N) is 3. The molecule has 8 nitrogen and oxygen atoms in total. The zero-order valence-corrected chi connectivity index (χ0v) is 23.2. The molecule has 206 valence electrons. The predicted octanol–water partition coefficient (Wildman–Crippen LogP) is 4.64. The van der Waals surface area contributed by atoms with E-state index >= 15 is 0 Å². The van der Waals surface area contributed by atoms with E-state index in [1.165, 1.54) is 5.69 Å². The largest absolute Gasteiger partial charge is 0.373 e. The van der Waals surface area contributed by atoms with E-state index in [0.29, 0.717) is 5.82 Å². The zero-order chi connectivity index (χ0) is 27.6. The van der Waals surface area contributed by atoms with Gasteiger partial charge in [0.1, 0.15) is 5.82 Å². The standard InChI is InChI=1S/C31H41N7O/c1-5-32-25(4)37-19-21-38(22-20-37)29-14-12-27(13-15-29)35-24(3)33-18-16-23(2)26-8-10-28(11-9-26)36-31(39)30-7-6-17-34-30/h8-16,18,30,32,34-35H,3-7,17,19-22H2,1-2H3,(H,36,39)/b23-16+,33-18-. The molecule has 1 atom stereocenters. The average Bonchev–Trinajstić information content (AvgIpc) is 3.50. The minimum absolute atomic E-state index is 0.0327. The van der Waals surface area contributed by atoms with Crippen LogP contribution < -0.4 is 26.2 Å². The highest BCUT2D eigenvalue weighted by molar-refractivity contribution is 5.95. The first-order valence-electron chi connectivity index (χ1n) is 13.8. The molecule has 2 aromatic carbocycles. The van der Waals surface area contributed by atoms with Crippen LogP contribution in [0, 0.1) is 0 Å². The number of piperazine rings is 1. The van der Waals surface area contributed by atoms with E-state index in [4.69, 9.17) is 0 Å². The fourth-order valence-corrected chi connectivity index (χ4v) is 4.79. The fraction of sp³-hybridized carbons (Fsp3) is 0.355. The first-order chi connectivity index (χ1) is 18.9. The van der Waals surface area contributed by atoms with Crippen molar-refractivity contribution in [2.75, 3.05) is 54.8 Å². The van der Waals surface area contributed by atoms with Crippen molar-refractivity contribution in [3.05, 3.63) is 85.0 Å². The van der Waals surface area contributed by atoms with Crippen LogP contribution in [0.25, 0.3) is 5.57 Å². The Hall–Kier alpha value is -4.04. The Morgan fingerprint density at radius 3 is 2.33 bits per heavy atom. The molecule has 2 saturated heterocycles. The molecule has 2 heterocycles. The van der Waals surface area contributed by atoms with Gasteiger partial charge in [0.15, 0.2) is 0 Å². The first-order valence-corrected chi connectivity index (χ1v) is 13.8. The van der Waals surface area contributed by atoms with Crippen molar-refractivity contribution in [3.63, 3.8) is 0 Å². The maximum atomic E-state index is 12.3. The van der Waals surface area contributed by atoms with Gasteiger partial charge in [-0.3, -0.25) is 4.79 Å². The van der Waals surface area contributed by atoms with Crippen LogP contribution in [-0.2, 0) is 4.79 Å². The molecule has 1 unspecified atom stereocenters. The van der Waals surface area contributed by atoms with Gasteiger partial charge in [-0.1, -0.05) is 25.3 Å². The summed E-state index contributed by atoms with van der Waals surface area (Å²) in [6.07, 6.45) is 5.64. The maximum absolute atomic E-state index is 12.3. The summed E-state index contributed by atoms with van der Waals surface area (Å²) in [4.78, 5) is 21.4. The minimum Gasteiger partial charge on any atom is -0.373 e. The summed E-state index contributed by atoms with van der Waals surface area (Å²) in [6.45, 7) is 17.9. The third-order valence-corrected chi connectivity index (χ3v) is 7.10. The number of hydrogen-bond acceptors (Lipinski definition) is 7. The highest BCUT2D eigenvalue weighted by atomic mass is 16.2. The van der Waals surface area contributed by atoms with E-state index in [2.05, 4.69) is 80.4 Å². The average molecular weight is 528 g/mol. The molecule has 8 heteroatoms. The molecule has 0 radical (unpaired) electrons. The van der Waals surface area contributed by atoms with Crippen LogP contribution in [-0.4, -0.2) is 62.3 Å². The van der Waals surface area contributed by atoms with Gasteiger partial charge in [0.05, 0.1) is 11.9 Å². The molecule has 2 aliphatic rings. The highest BCUT2D eigenvalue weighted by Gasteiger charge is 2.22. The van der Waals surface area contributed by atoms with Crippen LogP contribution in [0.3, 0.4) is 0 Å². The molecule has 4 N–H and O–H groups in total. The molecule has 0 spiro atoms. The van der Waals surface area contributed by atoms with Gasteiger partial charge in [0, 0.05) is 56.0 Å². The molecule has 2 fully saturated rings. The normalized spacial score (nSPS) is 17.8. The Kier molecular flexibility index (Phi) is 9.80. The van der Waals surface area contributed by atoms with Crippen LogP contribution in [0.2, 0.25) is 0 Å². The number of carbonyl (C=O) groups is 1. The molecule has 0 aliphatic carbocycles. The van der Waals surface area contributed by atoms with Crippen molar-refractivity contribution in [1.82, 2.24) is 15.5 Å². The maximum Gasteiger partial charge on any atom is 0.241 e. The van der Waals surface area contributed by atoms with Gasteiger partial charge in [-0.2, -0.15) is 0 Å². The lowest BCUT2D eigenvalue weighted by Crippen LogP contribution is -2.47. The summed E-state index contributed by atoms with van der Waals surface area (Å²) in [7, 11) is 0. The Morgan fingerprint density at radius 1 is 1.03 bits per heavy atom.